The van der Waals surface area contributed by atoms with Crippen LogP contribution in [-0.4, -0.2) is 44.0 Å². The van der Waals surface area contributed by atoms with Crippen molar-refractivity contribution in [2.45, 2.75) is 40.3 Å². The second-order valence-electron chi connectivity index (χ2n) is 12.2. The first-order valence-electron chi connectivity index (χ1n) is 16.8. The Balaban J connectivity index is 0.000000194. The molecule has 9 nitrogen and oxygen atoms in total. The van der Waals surface area contributed by atoms with Gasteiger partial charge in [-0.25, -0.2) is 18.7 Å². The molecule has 4 heterocycles. The lowest BCUT2D eigenvalue weighted by Gasteiger charge is -2.28. The van der Waals surface area contributed by atoms with Crippen LogP contribution in [0, 0.1) is 23.0 Å². The van der Waals surface area contributed by atoms with Gasteiger partial charge >= 0.3 is 0 Å². The van der Waals surface area contributed by atoms with Crippen LogP contribution < -0.4 is 9.80 Å². The summed E-state index contributed by atoms with van der Waals surface area (Å²) in [6, 6.07) is 30.7. The van der Waals surface area contributed by atoms with Crippen molar-refractivity contribution in [2.75, 3.05) is 22.9 Å². The third-order valence-corrected chi connectivity index (χ3v) is 9.68. The Morgan fingerprint density at radius 2 is 1.16 bits per heavy atom. The number of carbonyl (C=O) groups is 2. The normalized spacial score (nSPS) is 13.0. The summed E-state index contributed by atoms with van der Waals surface area (Å²) in [5, 5.41) is 7.75. The molecule has 2 aliphatic heterocycles. The number of hydrogen-bond donors (Lipinski definition) is 0. The smallest absolute Gasteiger partial charge is 0.294 e. The van der Waals surface area contributed by atoms with Gasteiger partial charge in [0.1, 0.15) is 5.15 Å². The minimum absolute atomic E-state index is 0. The van der Waals surface area contributed by atoms with Gasteiger partial charge in [0, 0.05) is 52.1 Å². The number of halogens is 5. The van der Waals surface area contributed by atoms with Crippen molar-refractivity contribution < 1.29 is 18.4 Å². The second kappa shape index (κ2) is 18.2. The van der Waals surface area contributed by atoms with E-state index in [1.165, 1.54) is 34.9 Å². The van der Waals surface area contributed by atoms with Gasteiger partial charge in [-0.05, 0) is 35.4 Å². The molecule has 0 radical (unpaired) electrons. The van der Waals surface area contributed by atoms with E-state index < -0.39 is 17.5 Å². The summed E-state index contributed by atoms with van der Waals surface area (Å²) in [4.78, 5) is 37.3. The summed E-state index contributed by atoms with van der Waals surface area (Å²) in [7, 11) is 0. The van der Waals surface area contributed by atoms with Crippen molar-refractivity contribution >= 4 is 58.0 Å². The van der Waals surface area contributed by atoms with Gasteiger partial charge in [-0.15, -0.1) is 0 Å². The molecule has 2 aliphatic rings. The van der Waals surface area contributed by atoms with Gasteiger partial charge in [-0.1, -0.05) is 115 Å². The van der Waals surface area contributed by atoms with Crippen molar-refractivity contribution in [3.8, 4) is 6.07 Å². The second-order valence-corrected chi connectivity index (χ2v) is 13.4. The van der Waals surface area contributed by atoms with Crippen LogP contribution in [0.3, 0.4) is 0 Å². The van der Waals surface area contributed by atoms with E-state index >= 15 is 0 Å². The summed E-state index contributed by atoms with van der Waals surface area (Å²) >= 11 is 18.1. The van der Waals surface area contributed by atoms with Crippen molar-refractivity contribution in [2.24, 2.45) is 0 Å². The van der Waals surface area contributed by atoms with Crippen LogP contribution in [0.25, 0.3) is 0 Å². The number of fused-ring (bicyclic) bond motifs is 2. The molecule has 0 unspecified atom stereocenters. The Bertz CT molecular complexity index is 2340. The summed E-state index contributed by atoms with van der Waals surface area (Å²) in [5.41, 5.74) is 3.98. The predicted octanol–water partition coefficient (Wildman–Crippen LogP) is 9.67. The third-order valence-electron chi connectivity index (χ3n) is 8.67. The summed E-state index contributed by atoms with van der Waals surface area (Å²) in [5.74, 6) is -1.35. The fourth-order valence-electron chi connectivity index (χ4n) is 6.17. The molecule has 4 aromatic carbocycles. The highest BCUT2D eigenvalue weighted by molar-refractivity contribution is 6.32. The van der Waals surface area contributed by atoms with Crippen LogP contribution in [0.1, 0.15) is 58.1 Å². The maximum Gasteiger partial charge on any atom is 0.294 e. The van der Waals surface area contributed by atoms with Crippen LogP contribution in [0.15, 0.2) is 103 Å². The molecule has 0 fully saturated rings. The number of amides is 2. The van der Waals surface area contributed by atoms with Crippen LogP contribution in [0.2, 0.25) is 15.2 Å². The lowest BCUT2D eigenvalue weighted by Crippen LogP contribution is -2.41. The third kappa shape index (κ3) is 8.89. The predicted molar refractivity (Wildman–Crippen MR) is 212 cm³/mol. The zero-order valence-corrected chi connectivity index (χ0v) is 31.2. The maximum atomic E-state index is 14.3. The zero-order valence-electron chi connectivity index (χ0n) is 28.9. The number of aromatic nitrogens is 4. The maximum absolute atomic E-state index is 14.3. The average molecular weight is 803 g/mol. The van der Waals surface area contributed by atoms with E-state index in [2.05, 4.69) is 9.97 Å². The van der Waals surface area contributed by atoms with Gasteiger partial charge < -0.3 is 18.9 Å². The van der Waals surface area contributed by atoms with Crippen LogP contribution >= 0.6 is 34.8 Å². The number of hydrogen-bond acceptors (Lipinski definition) is 5. The Morgan fingerprint density at radius 3 is 1.71 bits per heavy atom. The number of rotatable bonds is 6. The van der Waals surface area contributed by atoms with E-state index in [4.69, 9.17) is 40.1 Å². The molecular formula is C41H36Cl3F2N7O2. The van der Waals surface area contributed by atoms with Gasteiger partial charge in [0.2, 0.25) is 5.82 Å². The van der Waals surface area contributed by atoms with Gasteiger partial charge in [0.25, 0.3) is 11.8 Å². The molecule has 0 saturated heterocycles. The van der Waals surface area contributed by atoms with E-state index in [1.807, 2.05) is 71.4 Å². The number of anilines is 2. The van der Waals surface area contributed by atoms with Crippen molar-refractivity contribution in [3.05, 3.63) is 164 Å². The SMILES string of the molecule is C.CC#N.O=C1c2nc(Cc3ccccc3)c(Cl)n2CCN1c1cccc(Cl)c1F.O=C1c2nc(Cc3ccccc3)cn2CCN1c1cccc(Cl)c1F. The molecule has 0 spiro atoms. The fourth-order valence-corrected chi connectivity index (χ4v) is 6.78. The lowest BCUT2D eigenvalue weighted by molar-refractivity contribution is 0.0951. The molecule has 0 N–H and O–H groups in total. The van der Waals surface area contributed by atoms with Crippen LogP contribution in [0.5, 0.6) is 0 Å². The Labute approximate surface area is 332 Å². The highest BCUT2D eigenvalue weighted by atomic mass is 35.5. The molecule has 14 heteroatoms. The Hall–Kier alpha value is -5.54. The van der Waals surface area contributed by atoms with Gasteiger partial charge in [0.05, 0.1) is 38.9 Å². The van der Waals surface area contributed by atoms with Crippen LogP contribution in [0.4, 0.5) is 20.2 Å². The van der Waals surface area contributed by atoms with Crippen LogP contribution in [-0.2, 0) is 25.9 Å². The lowest BCUT2D eigenvalue weighted by atomic mass is 10.1. The highest BCUT2D eigenvalue weighted by Crippen LogP contribution is 2.32. The zero-order chi connectivity index (χ0) is 38.4. The molecular weight excluding hydrogens is 767 g/mol. The summed E-state index contributed by atoms with van der Waals surface area (Å²) in [6.07, 6.45) is 3.07. The quantitative estimate of drug-likeness (QED) is 0.167. The van der Waals surface area contributed by atoms with E-state index in [0.717, 1.165) is 16.8 Å². The van der Waals surface area contributed by atoms with E-state index in [1.54, 1.807) is 28.8 Å². The molecule has 0 atom stereocenters. The fraction of sp³-hybridized carbons (Fsp3) is 0.195. The average Bonchev–Trinajstić information content (AvgIpc) is 3.73. The molecule has 282 valence electrons. The van der Waals surface area contributed by atoms with Gasteiger partial charge in [-0.2, -0.15) is 5.26 Å². The largest absolute Gasteiger partial charge is 0.325 e. The van der Waals surface area contributed by atoms with E-state index in [-0.39, 0.29) is 40.6 Å². The molecule has 0 bridgehead atoms. The molecule has 2 aromatic heterocycles. The molecule has 0 saturated carbocycles. The standard InChI is InChI=1S/C19H14Cl2FN3O.C19H15ClFN3O.C2H3N.CH4/c20-13-7-4-8-15(16(13)22)24-9-10-25-17(21)14(23-18(25)19(24)26)11-12-5-2-1-3-6-12;20-15-7-4-8-16(17(15)21)24-10-9-23-12-14(22-18(23)19(24)25)11-13-5-2-1-3-6-13;1-2-3;/h1-8H,9-11H2;1-8,12H,9-11H2;1H3;1H4. The monoisotopic (exact) mass is 801 g/mol. The number of imidazole rings is 2. The number of carbonyl (C=O) groups excluding carboxylic acids is 2. The first-order chi connectivity index (χ1) is 26.1. The first kappa shape index (κ1) is 40.6. The van der Waals surface area contributed by atoms with Crippen molar-refractivity contribution in [1.29, 1.82) is 5.26 Å². The van der Waals surface area contributed by atoms with E-state index in [0.29, 0.717) is 55.7 Å². The molecule has 0 aliphatic carbocycles. The Kier molecular flexibility index (Phi) is 13.4. The van der Waals surface area contributed by atoms with E-state index in [9.17, 15) is 18.4 Å². The van der Waals surface area contributed by atoms with Gasteiger partial charge in [0.15, 0.2) is 17.5 Å². The topological polar surface area (TPSA) is 100 Å². The van der Waals surface area contributed by atoms with Crippen molar-refractivity contribution in [3.63, 3.8) is 0 Å². The summed E-state index contributed by atoms with van der Waals surface area (Å²) < 4.78 is 32.1. The number of benzene rings is 4. The molecule has 6 aromatic rings. The highest BCUT2D eigenvalue weighted by Gasteiger charge is 2.33. The van der Waals surface area contributed by atoms with Crippen molar-refractivity contribution in [1.82, 2.24) is 19.1 Å². The number of nitriles is 1. The minimum atomic E-state index is -0.613. The molecule has 55 heavy (non-hydrogen) atoms. The molecule has 2 amide bonds. The number of nitrogens with zero attached hydrogens (tertiary/aromatic N) is 7. The first-order valence-corrected chi connectivity index (χ1v) is 18.0. The summed E-state index contributed by atoms with van der Waals surface area (Å²) in [6.45, 7) is 3.11. The minimum Gasteiger partial charge on any atom is -0.325 e. The molecule has 8 rings (SSSR count). The Morgan fingerprint density at radius 1 is 0.673 bits per heavy atom. The van der Waals surface area contributed by atoms with Gasteiger partial charge in [-0.3, -0.25) is 9.59 Å².